The average Bonchev–Trinajstić information content (AvgIpc) is 3.27. The van der Waals surface area contributed by atoms with Gasteiger partial charge in [0.05, 0.1) is 16.1 Å². The number of hydrogen-bond donors (Lipinski definition) is 2. The number of nitrogens with two attached hydrogens (primary N) is 1. The molecule has 1 fully saturated rings. The second kappa shape index (κ2) is 6.47. The lowest BCUT2D eigenvalue weighted by Crippen LogP contribution is -2.27. The number of Topliss-reactive ketones (excluding diaryl/α,β-unsaturated/α-hetero) is 1. The van der Waals surface area contributed by atoms with E-state index in [1.165, 1.54) is 11.3 Å². The van der Waals surface area contributed by atoms with Crippen LogP contribution >= 0.6 is 11.3 Å². The molecule has 1 aliphatic carbocycles. The standard InChI is InChI=1S/C15H23N3O2S/c1-4-8-18(5-2)15-10(14(20)17-3)11(16)13(21-15)12(19)9-6-7-9/h9H,4-8,16H2,1-3H3,(H,17,20). The van der Waals surface area contributed by atoms with E-state index in [-0.39, 0.29) is 17.6 Å². The van der Waals surface area contributed by atoms with Crippen molar-refractivity contribution >= 4 is 33.7 Å². The molecule has 1 amide bonds. The second-order valence-electron chi connectivity index (χ2n) is 5.32. The van der Waals surface area contributed by atoms with E-state index in [9.17, 15) is 9.59 Å². The highest BCUT2D eigenvalue weighted by Crippen LogP contribution is 2.43. The van der Waals surface area contributed by atoms with Crippen LogP contribution in [0.1, 0.15) is 53.1 Å². The maximum atomic E-state index is 12.4. The van der Waals surface area contributed by atoms with Gasteiger partial charge in [0.2, 0.25) is 0 Å². The van der Waals surface area contributed by atoms with Gasteiger partial charge in [-0.3, -0.25) is 9.59 Å². The van der Waals surface area contributed by atoms with Gasteiger partial charge in [-0.15, -0.1) is 11.3 Å². The Morgan fingerprint density at radius 3 is 2.52 bits per heavy atom. The van der Waals surface area contributed by atoms with Gasteiger partial charge in [-0.1, -0.05) is 6.92 Å². The monoisotopic (exact) mass is 309 g/mol. The zero-order chi connectivity index (χ0) is 15.6. The fourth-order valence-electron chi connectivity index (χ4n) is 2.39. The van der Waals surface area contributed by atoms with Crippen LogP contribution in [0.25, 0.3) is 0 Å². The number of carbonyl (C=O) groups excluding carboxylic acids is 2. The molecule has 0 unspecified atom stereocenters. The van der Waals surface area contributed by atoms with E-state index in [1.54, 1.807) is 7.05 Å². The number of nitrogens with one attached hydrogen (secondary N) is 1. The molecule has 1 heterocycles. The Morgan fingerprint density at radius 2 is 2.05 bits per heavy atom. The fourth-order valence-corrected chi connectivity index (χ4v) is 3.71. The number of carbonyl (C=O) groups is 2. The smallest absolute Gasteiger partial charge is 0.256 e. The number of nitrogen functional groups attached to an aromatic ring is 1. The highest BCUT2D eigenvalue weighted by Gasteiger charge is 2.35. The van der Waals surface area contributed by atoms with Crippen LogP contribution in [0.2, 0.25) is 0 Å². The van der Waals surface area contributed by atoms with Crippen LogP contribution in [0.3, 0.4) is 0 Å². The van der Waals surface area contributed by atoms with Gasteiger partial charge in [-0.05, 0) is 26.2 Å². The molecule has 0 radical (unpaired) electrons. The van der Waals surface area contributed by atoms with Crippen molar-refractivity contribution in [2.24, 2.45) is 5.92 Å². The molecule has 6 heteroatoms. The molecular formula is C15H23N3O2S. The maximum absolute atomic E-state index is 12.4. The van der Waals surface area contributed by atoms with Crippen LogP contribution in [-0.2, 0) is 0 Å². The number of thiophene rings is 1. The summed E-state index contributed by atoms with van der Waals surface area (Å²) in [7, 11) is 1.59. The summed E-state index contributed by atoms with van der Waals surface area (Å²) in [5, 5.41) is 3.45. The van der Waals surface area contributed by atoms with Crippen molar-refractivity contribution in [1.82, 2.24) is 5.32 Å². The highest BCUT2D eigenvalue weighted by molar-refractivity contribution is 7.19. The number of nitrogens with zero attached hydrogens (tertiary/aromatic N) is 1. The first-order chi connectivity index (χ1) is 10.0. The third-order valence-corrected chi connectivity index (χ3v) is 5.00. The Labute approximate surface area is 129 Å². The Balaban J connectivity index is 2.48. The minimum atomic E-state index is -0.219. The Bertz CT molecular complexity index is 549. The molecule has 2 rings (SSSR count). The third-order valence-electron chi connectivity index (χ3n) is 3.72. The molecule has 0 atom stereocenters. The Hall–Kier alpha value is -1.56. The lowest BCUT2D eigenvalue weighted by molar-refractivity contribution is 0.0963. The maximum Gasteiger partial charge on any atom is 0.256 e. The van der Waals surface area contributed by atoms with E-state index >= 15 is 0 Å². The van der Waals surface area contributed by atoms with Crippen LogP contribution in [0.5, 0.6) is 0 Å². The first kappa shape index (κ1) is 15.8. The molecule has 1 aromatic heterocycles. The van der Waals surface area contributed by atoms with Crippen molar-refractivity contribution in [3.8, 4) is 0 Å². The van der Waals surface area contributed by atoms with Gasteiger partial charge in [0.1, 0.15) is 5.00 Å². The number of rotatable bonds is 7. The van der Waals surface area contributed by atoms with Crippen molar-refractivity contribution in [2.45, 2.75) is 33.1 Å². The van der Waals surface area contributed by atoms with E-state index in [2.05, 4.69) is 17.1 Å². The molecule has 5 nitrogen and oxygen atoms in total. The largest absolute Gasteiger partial charge is 0.397 e. The van der Waals surface area contributed by atoms with Crippen LogP contribution in [0.15, 0.2) is 0 Å². The lowest BCUT2D eigenvalue weighted by atomic mass is 10.1. The minimum Gasteiger partial charge on any atom is -0.397 e. The van der Waals surface area contributed by atoms with E-state index < -0.39 is 0 Å². The van der Waals surface area contributed by atoms with E-state index in [0.29, 0.717) is 16.1 Å². The summed E-state index contributed by atoms with van der Waals surface area (Å²) in [6, 6.07) is 0. The summed E-state index contributed by atoms with van der Waals surface area (Å²) >= 11 is 1.37. The molecule has 1 aliphatic rings. The van der Waals surface area contributed by atoms with Gasteiger partial charge in [-0.25, -0.2) is 0 Å². The quantitative estimate of drug-likeness (QED) is 0.759. The average molecular weight is 309 g/mol. The molecule has 0 aromatic carbocycles. The first-order valence-corrected chi connectivity index (χ1v) is 8.30. The molecule has 0 bridgehead atoms. The summed E-state index contributed by atoms with van der Waals surface area (Å²) in [4.78, 5) is 27.2. The van der Waals surface area contributed by atoms with Crippen molar-refractivity contribution in [3.63, 3.8) is 0 Å². The van der Waals surface area contributed by atoms with Crippen LogP contribution in [0.4, 0.5) is 10.7 Å². The predicted molar refractivity (Wildman–Crippen MR) is 87.4 cm³/mol. The summed E-state index contributed by atoms with van der Waals surface area (Å²) in [5.41, 5.74) is 6.95. The van der Waals surface area contributed by atoms with Crippen molar-refractivity contribution in [3.05, 3.63) is 10.4 Å². The third kappa shape index (κ3) is 3.05. The SMILES string of the molecule is CCCN(CC)c1sc(C(=O)C2CC2)c(N)c1C(=O)NC. The van der Waals surface area contributed by atoms with Gasteiger partial charge in [-0.2, -0.15) is 0 Å². The molecule has 3 N–H and O–H groups in total. The van der Waals surface area contributed by atoms with Gasteiger partial charge in [0.25, 0.3) is 5.91 Å². The van der Waals surface area contributed by atoms with Gasteiger partial charge >= 0.3 is 0 Å². The zero-order valence-corrected chi connectivity index (χ0v) is 13.7. The molecule has 116 valence electrons. The zero-order valence-electron chi connectivity index (χ0n) is 12.9. The summed E-state index contributed by atoms with van der Waals surface area (Å²) in [6.45, 7) is 5.77. The van der Waals surface area contributed by atoms with Crippen molar-refractivity contribution in [2.75, 3.05) is 30.8 Å². The summed E-state index contributed by atoms with van der Waals surface area (Å²) < 4.78 is 0. The number of ketones is 1. The molecule has 1 aromatic rings. The lowest BCUT2D eigenvalue weighted by Gasteiger charge is -2.21. The van der Waals surface area contributed by atoms with Crippen LogP contribution < -0.4 is 16.0 Å². The van der Waals surface area contributed by atoms with E-state index in [1.807, 2.05) is 6.92 Å². The molecule has 21 heavy (non-hydrogen) atoms. The molecule has 0 spiro atoms. The predicted octanol–water partition coefficient (Wildman–Crippen LogP) is 2.52. The number of hydrogen-bond acceptors (Lipinski definition) is 5. The summed E-state index contributed by atoms with van der Waals surface area (Å²) in [6.07, 6.45) is 2.85. The number of amides is 1. The van der Waals surface area contributed by atoms with E-state index in [4.69, 9.17) is 5.73 Å². The fraction of sp³-hybridized carbons (Fsp3) is 0.600. The normalized spacial score (nSPS) is 14.0. The van der Waals surface area contributed by atoms with Gasteiger partial charge in [0, 0.05) is 26.1 Å². The van der Waals surface area contributed by atoms with Crippen molar-refractivity contribution < 1.29 is 9.59 Å². The highest BCUT2D eigenvalue weighted by atomic mass is 32.1. The molecule has 0 saturated heterocycles. The second-order valence-corrected chi connectivity index (χ2v) is 6.32. The topological polar surface area (TPSA) is 75.4 Å². The van der Waals surface area contributed by atoms with Crippen LogP contribution in [-0.4, -0.2) is 31.8 Å². The first-order valence-electron chi connectivity index (χ1n) is 7.48. The number of anilines is 2. The van der Waals surface area contributed by atoms with Gasteiger partial charge in [0.15, 0.2) is 5.78 Å². The molecular weight excluding hydrogens is 286 g/mol. The Morgan fingerprint density at radius 1 is 1.38 bits per heavy atom. The molecule has 1 saturated carbocycles. The Kier molecular flexibility index (Phi) is 4.88. The summed E-state index contributed by atoms with van der Waals surface area (Å²) in [5.74, 6) is -0.0119. The minimum absolute atomic E-state index is 0.0986. The molecule has 0 aliphatic heterocycles. The van der Waals surface area contributed by atoms with Crippen LogP contribution in [0, 0.1) is 5.92 Å². The van der Waals surface area contributed by atoms with Gasteiger partial charge < -0.3 is 16.0 Å². The van der Waals surface area contributed by atoms with Crippen molar-refractivity contribution in [1.29, 1.82) is 0 Å². The van der Waals surface area contributed by atoms with E-state index in [0.717, 1.165) is 37.4 Å².